The van der Waals surface area contributed by atoms with Crippen LogP contribution in [0.2, 0.25) is 10.0 Å². The van der Waals surface area contributed by atoms with Crippen molar-refractivity contribution in [3.8, 4) is 0 Å². The maximum Gasteiger partial charge on any atom is 0.240 e. The van der Waals surface area contributed by atoms with E-state index in [4.69, 9.17) is 28.9 Å². The molecule has 1 amide bonds. The lowest BCUT2D eigenvalue weighted by molar-refractivity contribution is -0.135. The summed E-state index contributed by atoms with van der Waals surface area (Å²) in [4.78, 5) is 14.3. The van der Waals surface area contributed by atoms with Crippen LogP contribution >= 0.6 is 23.2 Å². The maximum absolute atomic E-state index is 12.5. The second-order valence-corrected chi connectivity index (χ2v) is 7.22. The first kappa shape index (κ1) is 15.6. The molecule has 0 unspecified atom stereocenters. The zero-order valence-corrected chi connectivity index (χ0v) is 13.6. The van der Waals surface area contributed by atoms with E-state index in [9.17, 15) is 4.79 Å². The van der Waals surface area contributed by atoms with E-state index in [0.717, 1.165) is 17.5 Å². The minimum Gasteiger partial charge on any atom is -0.337 e. The number of nitrogens with two attached hydrogens (primary N) is 1. The number of halogens is 2. The van der Waals surface area contributed by atoms with Crippen LogP contribution in [-0.2, 0) is 17.8 Å². The van der Waals surface area contributed by atoms with Gasteiger partial charge in [-0.3, -0.25) is 4.79 Å². The average Bonchev–Trinajstić information content (AvgIpc) is 2.35. The Morgan fingerprint density at radius 1 is 1.35 bits per heavy atom. The lowest BCUT2D eigenvalue weighted by atomic mass is 9.86. The summed E-state index contributed by atoms with van der Waals surface area (Å²) in [5.41, 5.74) is 7.92. The SMILES string of the molecule is CC(C)(C)[C@H](N)C(=O)N1CCc2cc(Cl)cc(Cl)c2C1. The Bertz CT molecular complexity index is 537. The number of hydrogen-bond acceptors (Lipinski definition) is 2. The summed E-state index contributed by atoms with van der Waals surface area (Å²) < 4.78 is 0. The largest absolute Gasteiger partial charge is 0.337 e. The maximum atomic E-state index is 12.5. The molecule has 20 heavy (non-hydrogen) atoms. The van der Waals surface area contributed by atoms with E-state index in [1.165, 1.54) is 0 Å². The highest BCUT2D eigenvalue weighted by molar-refractivity contribution is 6.35. The van der Waals surface area contributed by atoms with Crippen LogP contribution in [0.4, 0.5) is 0 Å². The van der Waals surface area contributed by atoms with E-state index in [0.29, 0.717) is 23.1 Å². The van der Waals surface area contributed by atoms with Gasteiger partial charge in [-0.05, 0) is 35.1 Å². The van der Waals surface area contributed by atoms with Crippen molar-refractivity contribution in [1.82, 2.24) is 4.90 Å². The van der Waals surface area contributed by atoms with Gasteiger partial charge in [-0.2, -0.15) is 0 Å². The predicted octanol–water partition coefficient (Wildman–Crippen LogP) is 3.25. The summed E-state index contributed by atoms with van der Waals surface area (Å²) in [5.74, 6) is -0.0193. The standard InChI is InChI=1S/C15H20Cl2N2O/c1-15(2,3)13(18)14(20)19-5-4-9-6-10(16)7-12(17)11(9)8-19/h6-7,13H,4-5,8,18H2,1-3H3/t13-/m1/s1. The molecule has 0 bridgehead atoms. The number of fused-ring (bicyclic) bond motifs is 1. The van der Waals surface area contributed by atoms with Gasteiger partial charge in [0.25, 0.3) is 0 Å². The molecule has 110 valence electrons. The van der Waals surface area contributed by atoms with Gasteiger partial charge in [0.15, 0.2) is 0 Å². The van der Waals surface area contributed by atoms with Crippen LogP contribution in [0.25, 0.3) is 0 Å². The minimum atomic E-state index is -0.505. The first-order valence-electron chi connectivity index (χ1n) is 6.71. The quantitative estimate of drug-likeness (QED) is 0.865. The van der Waals surface area contributed by atoms with E-state index in [-0.39, 0.29) is 11.3 Å². The summed E-state index contributed by atoms with van der Waals surface area (Å²) in [6.07, 6.45) is 0.762. The van der Waals surface area contributed by atoms with Crippen molar-refractivity contribution in [2.45, 2.75) is 39.8 Å². The highest BCUT2D eigenvalue weighted by Crippen LogP contribution is 2.31. The molecular formula is C15H20Cl2N2O. The van der Waals surface area contributed by atoms with Gasteiger partial charge >= 0.3 is 0 Å². The number of carbonyl (C=O) groups excluding carboxylic acids is 1. The van der Waals surface area contributed by atoms with E-state index in [2.05, 4.69) is 0 Å². The summed E-state index contributed by atoms with van der Waals surface area (Å²) in [6.45, 7) is 7.08. The van der Waals surface area contributed by atoms with Crippen molar-refractivity contribution < 1.29 is 4.79 Å². The second kappa shape index (κ2) is 5.55. The normalized spacial score (nSPS) is 16.8. The van der Waals surface area contributed by atoms with Crippen LogP contribution in [0.3, 0.4) is 0 Å². The zero-order chi connectivity index (χ0) is 15.1. The van der Waals surface area contributed by atoms with Crippen molar-refractivity contribution in [2.75, 3.05) is 6.54 Å². The van der Waals surface area contributed by atoms with Gasteiger partial charge < -0.3 is 10.6 Å². The van der Waals surface area contributed by atoms with Gasteiger partial charge in [0.2, 0.25) is 5.91 Å². The Kier molecular flexibility index (Phi) is 4.33. The zero-order valence-electron chi connectivity index (χ0n) is 12.0. The first-order chi connectivity index (χ1) is 9.20. The van der Waals surface area contributed by atoms with E-state index in [1.54, 1.807) is 11.0 Å². The number of rotatable bonds is 1. The van der Waals surface area contributed by atoms with Crippen LogP contribution < -0.4 is 5.73 Å². The molecule has 1 aliphatic rings. The third-order valence-corrected chi connectivity index (χ3v) is 4.32. The number of amides is 1. The molecule has 0 aromatic heterocycles. The predicted molar refractivity (Wildman–Crippen MR) is 83.0 cm³/mol. The number of nitrogens with zero attached hydrogens (tertiary/aromatic N) is 1. The highest BCUT2D eigenvalue weighted by Gasteiger charge is 2.33. The molecule has 0 radical (unpaired) electrons. The minimum absolute atomic E-state index is 0.0193. The molecule has 1 heterocycles. The Morgan fingerprint density at radius 2 is 2.00 bits per heavy atom. The molecule has 0 spiro atoms. The Labute approximate surface area is 130 Å². The van der Waals surface area contributed by atoms with Crippen LogP contribution in [0.5, 0.6) is 0 Å². The van der Waals surface area contributed by atoms with Gasteiger partial charge in [0.1, 0.15) is 0 Å². The molecule has 0 saturated carbocycles. The summed E-state index contributed by atoms with van der Waals surface area (Å²) >= 11 is 12.2. The van der Waals surface area contributed by atoms with Crippen molar-refractivity contribution in [3.05, 3.63) is 33.3 Å². The van der Waals surface area contributed by atoms with E-state index in [1.807, 2.05) is 26.8 Å². The fourth-order valence-electron chi connectivity index (χ4n) is 2.34. The highest BCUT2D eigenvalue weighted by atomic mass is 35.5. The van der Waals surface area contributed by atoms with Crippen molar-refractivity contribution in [2.24, 2.45) is 11.1 Å². The third-order valence-electron chi connectivity index (χ3n) is 3.76. The Morgan fingerprint density at radius 3 is 2.60 bits per heavy atom. The molecule has 2 rings (SSSR count). The molecule has 1 aromatic carbocycles. The van der Waals surface area contributed by atoms with Crippen LogP contribution in [0.1, 0.15) is 31.9 Å². The molecule has 1 aliphatic heterocycles. The molecule has 0 aliphatic carbocycles. The fourth-order valence-corrected chi connectivity index (χ4v) is 2.93. The molecule has 2 N–H and O–H groups in total. The lowest BCUT2D eigenvalue weighted by Gasteiger charge is -2.35. The molecule has 5 heteroatoms. The van der Waals surface area contributed by atoms with Gasteiger partial charge in [-0.1, -0.05) is 44.0 Å². The first-order valence-corrected chi connectivity index (χ1v) is 7.47. The number of benzene rings is 1. The smallest absolute Gasteiger partial charge is 0.240 e. The Balaban J connectivity index is 2.21. The van der Waals surface area contributed by atoms with Gasteiger partial charge in [0, 0.05) is 23.1 Å². The lowest BCUT2D eigenvalue weighted by Crippen LogP contribution is -2.51. The average molecular weight is 315 g/mol. The summed E-state index contributed by atoms with van der Waals surface area (Å²) in [6, 6.07) is 3.14. The monoisotopic (exact) mass is 314 g/mol. The van der Waals surface area contributed by atoms with Gasteiger partial charge in [-0.25, -0.2) is 0 Å². The topological polar surface area (TPSA) is 46.3 Å². The Hall–Kier alpha value is -0.770. The van der Waals surface area contributed by atoms with Gasteiger partial charge in [0.05, 0.1) is 6.04 Å². The number of hydrogen-bond donors (Lipinski definition) is 1. The summed E-state index contributed by atoms with van der Waals surface area (Å²) in [7, 11) is 0. The molecular weight excluding hydrogens is 295 g/mol. The van der Waals surface area contributed by atoms with Gasteiger partial charge in [-0.15, -0.1) is 0 Å². The molecule has 1 atom stereocenters. The van der Waals surface area contributed by atoms with Crippen LogP contribution in [0.15, 0.2) is 12.1 Å². The third kappa shape index (κ3) is 3.11. The molecule has 0 fully saturated rings. The van der Waals surface area contributed by atoms with Crippen molar-refractivity contribution >= 4 is 29.1 Å². The second-order valence-electron chi connectivity index (χ2n) is 6.38. The van der Waals surface area contributed by atoms with Crippen molar-refractivity contribution in [3.63, 3.8) is 0 Å². The van der Waals surface area contributed by atoms with Crippen LogP contribution in [-0.4, -0.2) is 23.4 Å². The van der Waals surface area contributed by atoms with E-state index >= 15 is 0 Å². The van der Waals surface area contributed by atoms with E-state index < -0.39 is 6.04 Å². The fraction of sp³-hybridized carbons (Fsp3) is 0.533. The van der Waals surface area contributed by atoms with Crippen LogP contribution in [0, 0.1) is 5.41 Å². The summed E-state index contributed by atoms with van der Waals surface area (Å²) in [5, 5.41) is 1.26. The molecule has 3 nitrogen and oxygen atoms in total. The number of carbonyl (C=O) groups is 1. The van der Waals surface area contributed by atoms with Crippen molar-refractivity contribution in [1.29, 1.82) is 0 Å². The molecule has 0 saturated heterocycles. The molecule has 1 aromatic rings.